The van der Waals surface area contributed by atoms with Crippen molar-refractivity contribution in [3.63, 3.8) is 0 Å². The first kappa shape index (κ1) is 23.1. The van der Waals surface area contributed by atoms with Gasteiger partial charge in [-0.2, -0.15) is 0 Å². The van der Waals surface area contributed by atoms with Crippen LogP contribution in [0.5, 0.6) is 0 Å². The topological polar surface area (TPSA) is 0 Å². The molecule has 0 fully saturated rings. The van der Waals surface area contributed by atoms with E-state index in [2.05, 4.69) is 137 Å². The van der Waals surface area contributed by atoms with Crippen LogP contribution >= 0.6 is 20.8 Å². The van der Waals surface area contributed by atoms with E-state index in [0.717, 1.165) is 0 Å². The zero-order valence-electron chi connectivity index (χ0n) is 18.1. The van der Waals surface area contributed by atoms with E-state index in [4.69, 9.17) is 0 Å². The molecule has 5 aromatic carbocycles. The monoisotopic (exact) mass is 514 g/mol. The normalized spacial score (nSPS) is 12.0. The van der Waals surface area contributed by atoms with E-state index in [9.17, 15) is 4.39 Å². The quantitative estimate of drug-likeness (QED) is 0.227. The second kappa shape index (κ2) is 10.3. The second-order valence-electron chi connectivity index (χ2n) is 7.65. The van der Waals surface area contributed by atoms with Crippen molar-refractivity contribution in [3.05, 3.63) is 157 Å². The first-order valence-corrected chi connectivity index (χ1v) is 15.1. The molecule has 0 aromatic heterocycles. The molecule has 0 nitrogen and oxygen atoms in total. The number of hydrogen-bond acceptors (Lipinski definition) is 0. The number of benzene rings is 5. The third-order valence-corrected chi connectivity index (χ3v) is 15.7. The molecule has 0 unspecified atom stereocenters. The van der Waals surface area contributed by atoms with Crippen molar-refractivity contribution in [3.8, 4) is 0 Å². The fourth-order valence-corrected chi connectivity index (χ4v) is 11.7. The minimum atomic E-state index is -3.00. The molecular weight excluding hydrogens is 490 g/mol. The molecule has 5 aromatic rings. The molecule has 0 radical (unpaired) electrons. The number of hydrogen-bond donors (Lipinski definition) is 0. The summed E-state index contributed by atoms with van der Waals surface area (Å²) >= 11 is 4.46. The minimum absolute atomic E-state index is 0.178. The first-order chi connectivity index (χ1) is 16.1. The summed E-state index contributed by atoms with van der Waals surface area (Å²) in [7, 11) is 0. The summed E-state index contributed by atoms with van der Waals surface area (Å²) in [5, 5.41) is 2.23. The van der Waals surface area contributed by atoms with E-state index in [1.807, 2.05) is 0 Å². The first-order valence-electron chi connectivity index (χ1n) is 10.8. The van der Waals surface area contributed by atoms with Gasteiger partial charge in [0.05, 0.1) is 0 Å². The largest absolute Gasteiger partial charge is 0.207 e. The van der Waals surface area contributed by atoms with Gasteiger partial charge in [-0.05, 0) is 12.1 Å². The molecule has 0 aliphatic carbocycles. The third-order valence-electron chi connectivity index (χ3n) is 5.70. The van der Waals surface area contributed by atoms with Gasteiger partial charge < -0.3 is 0 Å². The van der Waals surface area contributed by atoms with Crippen LogP contribution in [-0.4, -0.2) is 0 Å². The standard InChI is InChI=1S/C24H20BrP.C6H5F/c25-26(21-13-5-1-6-14-21,22-15-7-2-8-16-22,23-17-9-3-10-18-23)24-19-11-4-12-20-24;7-6-4-2-1-3-5-6/h1-20H;1-5H. The second-order valence-corrected chi connectivity index (χ2v) is 16.0. The Hall–Kier alpha value is -3.06. The summed E-state index contributed by atoms with van der Waals surface area (Å²) in [6.45, 7) is 0. The smallest absolute Gasteiger partial charge is 0.123 e. The summed E-state index contributed by atoms with van der Waals surface area (Å²) < 4.78 is 11.9. The van der Waals surface area contributed by atoms with E-state index in [0.29, 0.717) is 0 Å². The van der Waals surface area contributed by atoms with E-state index in [1.165, 1.54) is 33.4 Å². The van der Waals surface area contributed by atoms with E-state index in [1.54, 1.807) is 18.2 Å². The summed E-state index contributed by atoms with van der Waals surface area (Å²) in [5.41, 5.74) is 0. The van der Waals surface area contributed by atoms with Gasteiger partial charge >= 0.3 is 163 Å². The predicted octanol–water partition coefficient (Wildman–Crippen LogP) is 6.98. The average molecular weight is 515 g/mol. The van der Waals surface area contributed by atoms with Crippen molar-refractivity contribution >= 4 is 42.0 Å². The van der Waals surface area contributed by atoms with Crippen LogP contribution in [0.2, 0.25) is 0 Å². The molecular formula is C30H25BrFP. The van der Waals surface area contributed by atoms with Crippen molar-refractivity contribution in [2.75, 3.05) is 0 Å². The van der Waals surface area contributed by atoms with Crippen LogP contribution in [0.4, 0.5) is 4.39 Å². The molecule has 3 heteroatoms. The van der Waals surface area contributed by atoms with Gasteiger partial charge in [0.15, 0.2) is 0 Å². The summed E-state index contributed by atoms with van der Waals surface area (Å²) in [6.07, 6.45) is 0. The Morgan fingerprint density at radius 2 is 0.576 bits per heavy atom. The van der Waals surface area contributed by atoms with Crippen LogP contribution in [0.25, 0.3) is 0 Å². The van der Waals surface area contributed by atoms with Gasteiger partial charge in [-0.25, -0.2) is 4.39 Å². The fourth-order valence-electron chi connectivity index (χ4n) is 4.14. The Kier molecular flexibility index (Phi) is 7.18. The molecule has 5 rings (SSSR count). The maximum Gasteiger partial charge on any atom is 0.123 e. The van der Waals surface area contributed by atoms with Crippen LogP contribution in [0, 0.1) is 5.82 Å². The van der Waals surface area contributed by atoms with Gasteiger partial charge in [0.2, 0.25) is 0 Å². The molecule has 0 atom stereocenters. The van der Waals surface area contributed by atoms with Crippen molar-refractivity contribution in [2.24, 2.45) is 0 Å². The maximum absolute atomic E-state index is 11.9. The fraction of sp³-hybridized carbons (Fsp3) is 0. The van der Waals surface area contributed by atoms with Crippen LogP contribution in [0.1, 0.15) is 0 Å². The molecule has 33 heavy (non-hydrogen) atoms. The van der Waals surface area contributed by atoms with Gasteiger partial charge in [0.1, 0.15) is 5.82 Å². The molecule has 164 valence electrons. The summed E-state index contributed by atoms with van der Waals surface area (Å²) in [6, 6.07) is 51.3. The Balaban J connectivity index is 0.000000318. The Morgan fingerprint density at radius 1 is 0.364 bits per heavy atom. The number of halogens is 2. The van der Waals surface area contributed by atoms with Gasteiger partial charge in [-0.15, -0.1) is 0 Å². The van der Waals surface area contributed by atoms with Crippen molar-refractivity contribution in [2.45, 2.75) is 0 Å². The van der Waals surface area contributed by atoms with Gasteiger partial charge in [-0.3, -0.25) is 0 Å². The zero-order valence-corrected chi connectivity index (χ0v) is 20.6. The van der Waals surface area contributed by atoms with E-state index in [-0.39, 0.29) is 5.82 Å². The van der Waals surface area contributed by atoms with Crippen LogP contribution < -0.4 is 21.2 Å². The maximum atomic E-state index is 11.9. The third kappa shape index (κ3) is 4.42. The Bertz CT molecular complexity index is 1090. The van der Waals surface area contributed by atoms with Crippen molar-refractivity contribution in [1.29, 1.82) is 0 Å². The number of rotatable bonds is 4. The molecule has 0 bridgehead atoms. The molecule has 0 saturated heterocycles. The van der Waals surface area contributed by atoms with Crippen LogP contribution in [0.15, 0.2) is 152 Å². The van der Waals surface area contributed by atoms with Gasteiger partial charge in [0, 0.05) is 0 Å². The molecule has 0 aliphatic rings. The molecule has 0 heterocycles. The van der Waals surface area contributed by atoms with E-state index >= 15 is 0 Å². The molecule has 0 saturated carbocycles. The molecule has 0 spiro atoms. The minimum Gasteiger partial charge on any atom is -0.207 e. The molecule has 0 amide bonds. The van der Waals surface area contributed by atoms with E-state index < -0.39 is 5.31 Å². The zero-order chi connectivity index (χ0) is 23.0. The predicted molar refractivity (Wildman–Crippen MR) is 147 cm³/mol. The average Bonchev–Trinajstić information content (AvgIpc) is 2.91. The van der Waals surface area contributed by atoms with Crippen LogP contribution in [0.3, 0.4) is 0 Å². The van der Waals surface area contributed by atoms with Gasteiger partial charge in [-0.1, -0.05) is 18.2 Å². The van der Waals surface area contributed by atoms with Crippen molar-refractivity contribution < 1.29 is 4.39 Å². The molecule has 0 N–H and O–H groups in total. The molecule has 0 aliphatic heterocycles. The summed E-state index contributed by atoms with van der Waals surface area (Å²) in [4.78, 5) is 0. The van der Waals surface area contributed by atoms with Gasteiger partial charge in [0.25, 0.3) is 0 Å². The Morgan fingerprint density at radius 3 is 0.758 bits per heavy atom. The SMILES string of the molecule is BrP(c1ccccc1)(c1ccccc1)(c1ccccc1)c1ccccc1.Fc1ccccc1. The summed E-state index contributed by atoms with van der Waals surface area (Å²) in [5.74, 6) is -0.178. The van der Waals surface area contributed by atoms with Crippen molar-refractivity contribution in [1.82, 2.24) is 0 Å². The Labute approximate surface area is 203 Å². The van der Waals surface area contributed by atoms with Crippen LogP contribution in [-0.2, 0) is 0 Å².